The monoisotopic (exact) mass is 303 g/mol. The van der Waals surface area contributed by atoms with Gasteiger partial charge in [0.2, 0.25) is 0 Å². The zero-order chi connectivity index (χ0) is 12.7. The van der Waals surface area contributed by atoms with Gasteiger partial charge in [0.05, 0.1) is 11.6 Å². The minimum absolute atomic E-state index is 0.0907. The number of methoxy groups -OCH3 is 1. The van der Waals surface area contributed by atoms with Gasteiger partial charge in [-0.2, -0.15) is 0 Å². The van der Waals surface area contributed by atoms with Crippen LogP contribution in [0.5, 0.6) is 5.75 Å². The standard InChI is InChI=1S/C14H10BrNO2/c1-18-13-7-9-8-4-2-3-5-12(8)16-14(17)10(9)6-11(13)15/h2-7H,1H3,(H,16,17). The average molecular weight is 304 g/mol. The van der Waals surface area contributed by atoms with Gasteiger partial charge in [0.1, 0.15) is 5.75 Å². The molecule has 0 spiro atoms. The second-order valence-corrected chi connectivity index (χ2v) is 4.89. The molecule has 0 bridgehead atoms. The molecule has 0 radical (unpaired) electrons. The predicted octanol–water partition coefficient (Wildman–Crippen LogP) is 3.45. The number of halogens is 1. The van der Waals surface area contributed by atoms with Gasteiger partial charge in [-0.25, -0.2) is 0 Å². The van der Waals surface area contributed by atoms with Gasteiger partial charge < -0.3 is 9.72 Å². The smallest absolute Gasteiger partial charge is 0.256 e. The van der Waals surface area contributed by atoms with E-state index in [0.29, 0.717) is 5.39 Å². The van der Waals surface area contributed by atoms with Gasteiger partial charge in [-0.15, -0.1) is 0 Å². The van der Waals surface area contributed by atoms with Crippen LogP contribution in [-0.4, -0.2) is 12.1 Å². The van der Waals surface area contributed by atoms with Crippen molar-refractivity contribution in [1.29, 1.82) is 0 Å². The fraction of sp³-hybridized carbons (Fsp3) is 0.0714. The second-order valence-electron chi connectivity index (χ2n) is 4.03. The van der Waals surface area contributed by atoms with E-state index in [1.54, 1.807) is 13.2 Å². The maximum atomic E-state index is 12.0. The lowest BCUT2D eigenvalue weighted by Gasteiger charge is -2.07. The van der Waals surface area contributed by atoms with Crippen molar-refractivity contribution in [3.05, 3.63) is 51.2 Å². The molecule has 3 nitrogen and oxygen atoms in total. The summed E-state index contributed by atoms with van der Waals surface area (Å²) in [5.74, 6) is 0.721. The summed E-state index contributed by atoms with van der Waals surface area (Å²) in [6.07, 6.45) is 0. The van der Waals surface area contributed by atoms with Crippen LogP contribution in [0.25, 0.3) is 21.7 Å². The van der Waals surface area contributed by atoms with Gasteiger partial charge in [0, 0.05) is 21.7 Å². The molecule has 0 amide bonds. The van der Waals surface area contributed by atoms with Crippen molar-refractivity contribution in [2.24, 2.45) is 0 Å². The van der Waals surface area contributed by atoms with E-state index in [2.05, 4.69) is 20.9 Å². The number of para-hydroxylation sites is 1. The fourth-order valence-electron chi connectivity index (χ4n) is 2.14. The van der Waals surface area contributed by atoms with E-state index in [1.807, 2.05) is 30.3 Å². The molecule has 1 aromatic heterocycles. The van der Waals surface area contributed by atoms with Crippen LogP contribution < -0.4 is 10.3 Å². The van der Waals surface area contributed by atoms with Crippen LogP contribution in [0.1, 0.15) is 0 Å². The summed E-state index contributed by atoms with van der Waals surface area (Å²) in [5.41, 5.74) is 0.742. The third kappa shape index (κ3) is 1.61. The Bertz CT molecular complexity index is 808. The number of aromatic nitrogens is 1. The maximum absolute atomic E-state index is 12.0. The first-order chi connectivity index (χ1) is 8.70. The summed E-state index contributed by atoms with van der Waals surface area (Å²) in [6, 6.07) is 11.4. The Hall–Kier alpha value is -1.81. The molecule has 3 rings (SSSR count). The van der Waals surface area contributed by atoms with Crippen molar-refractivity contribution < 1.29 is 4.74 Å². The zero-order valence-corrected chi connectivity index (χ0v) is 11.2. The van der Waals surface area contributed by atoms with E-state index in [-0.39, 0.29) is 5.56 Å². The summed E-state index contributed by atoms with van der Waals surface area (Å²) in [7, 11) is 1.61. The molecule has 1 N–H and O–H groups in total. The van der Waals surface area contributed by atoms with Gasteiger partial charge in [0.15, 0.2) is 0 Å². The Kier molecular flexibility index (Phi) is 2.59. The van der Waals surface area contributed by atoms with Crippen molar-refractivity contribution in [3.8, 4) is 5.75 Å². The Balaban J connectivity index is 2.58. The maximum Gasteiger partial charge on any atom is 0.256 e. The van der Waals surface area contributed by atoms with Crippen LogP contribution in [0.4, 0.5) is 0 Å². The van der Waals surface area contributed by atoms with Gasteiger partial charge in [-0.05, 0) is 34.1 Å². The molecule has 0 unspecified atom stereocenters. The number of H-pyrrole nitrogens is 1. The van der Waals surface area contributed by atoms with Crippen LogP contribution in [0.2, 0.25) is 0 Å². The number of nitrogens with one attached hydrogen (secondary N) is 1. The van der Waals surface area contributed by atoms with Crippen LogP contribution >= 0.6 is 15.9 Å². The summed E-state index contributed by atoms with van der Waals surface area (Å²) in [4.78, 5) is 14.9. The summed E-state index contributed by atoms with van der Waals surface area (Å²) >= 11 is 3.40. The molecule has 0 aliphatic rings. The van der Waals surface area contributed by atoms with Crippen molar-refractivity contribution in [2.75, 3.05) is 7.11 Å². The van der Waals surface area contributed by atoms with Gasteiger partial charge in [-0.1, -0.05) is 18.2 Å². The van der Waals surface area contributed by atoms with Gasteiger partial charge in [0.25, 0.3) is 5.56 Å². The lowest BCUT2D eigenvalue weighted by Crippen LogP contribution is -2.06. The first-order valence-corrected chi connectivity index (χ1v) is 6.28. The number of hydrogen-bond acceptors (Lipinski definition) is 2. The minimum Gasteiger partial charge on any atom is -0.496 e. The zero-order valence-electron chi connectivity index (χ0n) is 9.66. The number of ether oxygens (including phenoxy) is 1. The summed E-state index contributed by atoms with van der Waals surface area (Å²) in [6.45, 7) is 0. The second kappa shape index (κ2) is 4.14. The number of hydrogen-bond donors (Lipinski definition) is 1. The number of benzene rings is 2. The van der Waals surface area contributed by atoms with E-state index in [4.69, 9.17) is 4.74 Å². The molecule has 0 fully saturated rings. The highest BCUT2D eigenvalue weighted by Gasteiger charge is 2.09. The summed E-state index contributed by atoms with van der Waals surface area (Å²) in [5, 5.41) is 2.56. The van der Waals surface area contributed by atoms with E-state index < -0.39 is 0 Å². The van der Waals surface area contributed by atoms with E-state index in [0.717, 1.165) is 26.5 Å². The van der Waals surface area contributed by atoms with Gasteiger partial charge in [-0.3, -0.25) is 4.79 Å². The molecule has 0 aliphatic heterocycles. The van der Waals surface area contributed by atoms with Crippen molar-refractivity contribution in [2.45, 2.75) is 0 Å². The molecule has 3 aromatic rings. The number of rotatable bonds is 1. The minimum atomic E-state index is -0.0907. The Morgan fingerprint density at radius 2 is 1.89 bits per heavy atom. The lowest BCUT2D eigenvalue weighted by molar-refractivity contribution is 0.413. The SMILES string of the molecule is COc1cc2c(cc1Br)c(=O)[nH]c1ccccc12. The van der Waals surface area contributed by atoms with Gasteiger partial charge >= 0.3 is 0 Å². The number of fused-ring (bicyclic) bond motifs is 3. The predicted molar refractivity (Wildman–Crippen MR) is 76.3 cm³/mol. The Morgan fingerprint density at radius 1 is 1.11 bits per heavy atom. The molecule has 0 atom stereocenters. The molecule has 90 valence electrons. The molecule has 18 heavy (non-hydrogen) atoms. The molecular weight excluding hydrogens is 294 g/mol. The quantitative estimate of drug-likeness (QED) is 0.700. The number of aromatic amines is 1. The molecule has 4 heteroatoms. The molecule has 0 saturated carbocycles. The largest absolute Gasteiger partial charge is 0.496 e. The molecule has 0 saturated heterocycles. The third-order valence-electron chi connectivity index (χ3n) is 3.00. The van der Waals surface area contributed by atoms with Crippen LogP contribution in [-0.2, 0) is 0 Å². The fourth-order valence-corrected chi connectivity index (χ4v) is 2.64. The highest BCUT2D eigenvalue weighted by Crippen LogP contribution is 2.31. The number of pyridine rings is 1. The lowest BCUT2D eigenvalue weighted by atomic mass is 10.1. The van der Waals surface area contributed by atoms with Crippen molar-refractivity contribution in [1.82, 2.24) is 4.98 Å². The van der Waals surface area contributed by atoms with E-state index >= 15 is 0 Å². The van der Waals surface area contributed by atoms with E-state index in [1.165, 1.54) is 0 Å². The normalized spacial score (nSPS) is 11.0. The van der Waals surface area contributed by atoms with Crippen LogP contribution in [0.3, 0.4) is 0 Å². The first-order valence-electron chi connectivity index (χ1n) is 5.49. The molecule has 1 heterocycles. The highest BCUT2D eigenvalue weighted by molar-refractivity contribution is 9.10. The molecular formula is C14H10BrNO2. The Labute approximate surface area is 112 Å². The van der Waals surface area contributed by atoms with Crippen LogP contribution in [0.15, 0.2) is 45.7 Å². The third-order valence-corrected chi connectivity index (χ3v) is 3.62. The average Bonchev–Trinajstić information content (AvgIpc) is 2.39. The van der Waals surface area contributed by atoms with Crippen LogP contribution in [0, 0.1) is 0 Å². The van der Waals surface area contributed by atoms with Crippen molar-refractivity contribution in [3.63, 3.8) is 0 Å². The van der Waals surface area contributed by atoms with E-state index in [9.17, 15) is 4.79 Å². The molecule has 0 aliphatic carbocycles. The molecule has 2 aromatic carbocycles. The summed E-state index contributed by atoms with van der Waals surface area (Å²) < 4.78 is 6.06. The van der Waals surface area contributed by atoms with Crippen molar-refractivity contribution >= 4 is 37.6 Å². The topological polar surface area (TPSA) is 42.1 Å². The first kappa shape index (κ1) is 11.3. The highest BCUT2D eigenvalue weighted by atomic mass is 79.9. The Morgan fingerprint density at radius 3 is 2.67 bits per heavy atom.